The van der Waals surface area contributed by atoms with Crippen molar-refractivity contribution in [2.75, 3.05) is 26.2 Å². The Morgan fingerprint density at radius 2 is 1.63 bits per heavy atom. The summed E-state index contributed by atoms with van der Waals surface area (Å²) in [5.74, 6) is 1.35. The number of piperazine rings is 1. The summed E-state index contributed by atoms with van der Waals surface area (Å²) in [7, 11) is 0. The molecule has 148 valence electrons. The van der Waals surface area contributed by atoms with Crippen molar-refractivity contribution in [2.45, 2.75) is 25.1 Å². The second-order valence-corrected chi connectivity index (χ2v) is 6.44. The molecule has 0 aliphatic carbocycles. The summed E-state index contributed by atoms with van der Waals surface area (Å²) in [6.45, 7) is 3.07. The van der Waals surface area contributed by atoms with Crippen molar-refractivity contribution in [3.8, 4) is 11.5 Å². The van der Waals surface area contributed by atoms with Gasteiger partial charge in [-0.25, -0.2) is 0 Å². The largest absolute Gasteiger partial charge is 0.457 e. The van der Waals surface area contributed by atoms with E-state index in [1.54, 1.807) is 0 Å². The maximum absolute atomic E-state index is 12.8. The van der Waals surface area contributed by atoms with Crippen LogP contribution >= 0.6 is 12.4 Å². The van der Waals surface area contributed by atoms with Crippen LogP contribution in [0.4, 0.5) is 13.2 Å². The molecule has 0 aromatic heterocycles. The number of halogens is 4. The molecular formula is C20H24ClF3N2O. The summed E-state index contributed by atoms with van der Waals surface area (Å²) in [5, 5.41) is 3.25. The van der Waals surface area contributed by atoms with Gasteiger partial charge in [-0.05, 0) is 36.2 Å². The fourth-order valence-corrected chi connectivity index (χ4v) is 3.26. The third kappa shape index (κ3) is 6.72. The van der Waals surface area contributed by atoms with Crippen molar-refractivity contribution >= 4 is 12.4 Å². The van der Waals surface area contributed by atoms with E-state index in [1.165, 1.54) is 0 Å². The fraction of sp³-hybridized carbons (Fsp3) is 0.400. The van der Waals surface area contributed by atoms with Crippen LogP contribution in [0, 0.1) is 0 Å². The van der Waals surface area contributed by atoms with E-state index < -0.39 is 12.6 Å². The van der Waals surface area contributed by atoms with Crippen molar-refractivity contribution in [2.24, 2.45) is 0 Å². The second-order valence-electron chi connectivity index (χ2n) is 6.44. The van der Waals surface area contributed by atoms with Gasteiger partial charge in [0.25, 0.3) is 0 Å². The Labute approximate surface area is 163 Å². The van der Waals surface area contributed by atoms with Gasteiger partial charge in [0, 0.05) is 38.6 Å². The van der Waals surface area contributed by atoms with E-state index in [1.807, 2.05) is 54.6 Å². The summed E-state index contributed by atoms with van der Waals surface area (Å²) >= 11 is 0. The molecule has 0 spiro atoms. The molecule has 3 nitrogen and oxygen atoms in total. The SMILES string of the molecule is Cl.FC(F)(F)CC[C@H](c1cccc(Oc2ccccc2)c1)N1CCNCC1. The minimum absolute atomic E-state index is 0. The lowest BCUT2D eigenvalue weighted by atomic mass is 9.99. The van der Waals surface area contributed by atoms with Gasteiger partial charge in [-0.15, -0.1) is 12.4 Å². The Bertz CT molecular complexity index is 691. The van der Waals surface area contributed by atoms with Gasteiger partial charge in [-0.1, -0.05) is 30.3 Å². The summed E-state index contributed by atoms with van der Waals surface area (Å²) in [4.78, 5) is 2.13. The number of hydrogen-bond donors (Lipinski definition) is 1. The molecule has 7 heteroatoms. The molecule has 1 fully saturated rings. The average molecular weight is 401 g/mol. The molecule has 1 aliphatic rings. The number of para-hydroxylation sites is 1. The highest BCUT2D eigenvalue weighted by Gasteiger charge is 2.31. The zero-order valence-corrected chi connectivity index (χ0v) is 15.7. The molecule has 1 aliphatic heterocycles. The lowest BCUT2D eigenvalue weighted by molar-refractivity contribution is -0.138. The van der Waals surface area contributed by atoms with Crippen LogP contribution in [0.5, 0.6) is 11.5 Å². The van der Waals surface area contributed by atoms with E-state index in [4.69, 9.17) is 4.74 Å². The third-order valence-corrected chi connectivity index (χ3v) is 4.52. The normalized spacial score (nSPS) is 16.4. The molecule has 1 saturated heterocycles. The Morgan fingerprint density at radius 1 is 0.963 bits per heavy atom. The van der Waals surface area contributed by atoms with E-state index in [2.05, 4.69) is 10.2 Å². The Balaban J connectivity index is 0.00000261. The summed E-state index contributed by atoms with van der Waals surface area (Å²) in [6, 6.07) is 16.5. The number of ether oxygens (including phenoxy) is 1. The lowest BCUT2D eigenvalue weighted by Crippen LogP contribution is -2.45. The zero-order chi connectivity index (χ0) is 18.4. The molecule has 0 unspecified atom stereocenters. The molecule has 1 heterocycles. The third-order valence-electron chi connectivity index (χ3n) is 4.52. The van der Waals surface area contributed by atoms with Crippen molar-refractivity contribution in [3.63, 3.8) is 0 Å². The first kappa shape index (κ1) is 21.5. The van der Waals surface area contributed by atoms with Crippen LogP contribution in [0.2, 0.25) is 0 Å². The molecule has 1 atom stereocenters. The topological polar surface area (TPSA) is 24.5 Å². The average Bonchev–Trinajstić information content (AvgIpc) is 2.63. The number of benzene rings is 2. The maximum Gasteiger partial charge on any atom is 0.389 e. The molecule has 0 radical (unpaired) electrons. The van der Waals surface area contributed by atoms with Crippen LogP contribution in [0.1, 0.15) is 24.4 Å². The van der Waals surface area contributed by atoms with Gasteiger partial charge in [-0.3, -0.25) is 4.90 Å². The molecule has 27 heavy (non-hydrogen) atoms. The molecule has 2 aromatic rings. The summed E-state index contributed by atoms with van der Waals surface area (Å²) < 4.78 is 44.3. The lowest BCUT2D eigenvalue weighted by Gasteiger charge is -2.35. The Kier molecular flexibility index (Phi) is 7.95. The van der Waals surface area contributed by atoms with Gasteiger partial charge in [-0.2, -0.15) is 13.2 Å². The van der Waals surface area contributed by atoms with Gasteiger partial charge < -0.3 is 10.1 Å². The van der Waals surface area contributed by atoms with Gasteiger partial charge in [0.2, 0.25) is 0 Å². The van der Waals surface area contributed by atoms with E-state index in [0.717, 1.165) is 31.7 Å². The van der Waals surface area contributed by atoms with E-state index in [0.29, 0.717) is 11.5 Å². The number of alkyl halides is 3. The van der Waals surface area contributed by atoms with E-state index in [9.17, 15) is 13.2 Å². The summed E-state index contributed by atoms with van der Waals surface area (Å²) in [5.41, 5.74) is 0.865. The Morgan fingerprint density at radius 3 is 2.30 bits per heavy atom. The van der Waals surface area contributed by atoms with Crippen molar-refractivity contribution in [1.82, 2.24) is 10.2 Å². The minimum Gasteiger partial charge on any atom is -0.457 e. The van der Waals surface area contributed by atoms with Crippen LogP contribution in [0.3, 0.4) is 0 Å². The minimum atomic E-state index is -4.15. The molecular weight excluding hydrogens is 377 g/mol. The number of hydrogen-bond acceptors (Lipinski definition) is 3. The smallest absolute Gasteiger partial charge is 0.389 e. The van der Waals surface area contributed by atoms with Gasteiger partial charge in [0.05, 0.1) is 0 Å². The van der Waals surface area contributed by atoms with Crippen molar-refractivity contribution < 1.29 is 17.9 Å². The predicted molar refractivity (Wildman–Crippen MR) is 103 cm³/mol. The van der Waals surface area contributed by atoms with E-state index in [-0.39, 0.29) is 24.9 Å². The fourth-order valence-electron chi connectivity index (χ4n) is 3.26. The summed E-state index contributed by atoms with van der Waals surface area (Å²) in [6.07, 6.45) is -4.88. The highest BCUT2D eigenvalue weighted by molar-refractivity contribution is 5.85. The van der Waals surface area contributed by atoms with E-state index >= 15 is 0 Å². The van der Waals surface area contributed by atoms with Crippen LogP contribution in [-0.2, 0) is 0 Å². The standard InChI is InChI=1S/C20H23F3N2O.ClH/c21-20(22,23)10-9-19(25-13-11-24-12-14-25)16-5-4-8-18(15-16)26-17-6-2-1-3-7-17;/h1-8,15,19,24H,9-14H2;1H/t19-;/m1./s1. The van der Waals surface area contributed by atoms with Crippen LogP contribution in [-0.4, -0.2) is 37.3 Å². The molecule has 2 aromatic carbocycles. The van der Waals surface area contributed by atoms with Crippen LogP contribution in [0.15, 0.2) is 54.6 Å². The first-order valence-corrected chi connectivity index (χ1v) is 8.86. The molecule has 0 amide bonds. The monoisotopic (exact) mass is 400 g/mol. The van der Waals surface area contributed by atoms with Crippen LogP contribution < -0.4 is 10.1 Å². The second kappa shape index (κ2) is 9.97. The van der Waals surface area contributed by atoms with Gasteiger partial charge in [0.15, 0.2) is 0 Å². The molecule has 3 rings (SSSR count). The Hall–Kier alpha value is -1.76. The van der Waals surface area contributed by atoms with Crippen LogP contribution in [0.25, 0.3) is 0 Å². The van der Waals surface area contributed by atoms with Crippen molar-refractivity contribution in [3.05, 3.63) is 60.2 Å². The van der Waals surface area contributed by atoms with Gasteiger partial charge in [0.1, 0.15) is 11.5 Å². The quantitative estimate of drug-likeness (QED) is 0.722. The highest BCUT2D eigenvalue weighted by atomic mass is 35.5. The number of nitrogens with one attached hydrogen (secondary N) is 1. The van der Waals surface area contributed by atoms with Crippen molar-refractivity contribution in [1.29, 1.82) is 0 Å². The zero-order valence-electron chi connectivity index (χ0n) is 14.9. The highest BCUT2D eigenvalue weighted by Crippen LogP contribution is 2.33. The first-order valence-electron chi connectivity index (χ1n) is 8.86. The number of rotatable bonds is 6. The predicted octanol–water partition coefficient (Wildman–Crippen LogP) is 5.19. The van der Waals surface area contributed by atoms with Gasteiger partial charge >= 0.3 is 6.18 Å². The molecule has 1 N–H and O–H groups in total. The molecule has 0 saturated carbocycles. The first-order chi connectivity index (χ1) is 12.5. The number of nitrogens with zero attached hydrogens (tertiary/aromatic N) is 1. The molecule has 0 bridgehead atoms. The maximum atomic E-state index is 12.8.